The molecule has 1 atom stereocenters. The van der Waals surface area contributed by atoms with E-state index in [9.17, 15) is 18.3 Å². The van der Waals surface area contributed by atoms with Gasteiger partial charge in [-0.05, 0) is 12.1 Å². The summed E-state index contributed by atoms with van der Waals surface area (Å²) in [4.78, 5) is 14.7. The molecule has 1 unspecified atom stereocenters. The molecule has 8 nitrogen and oxygen atoms in total. The summed E-state index contributed by atoms with van der Waals surface area (Å²) in [5, 5.41) is 12.8. The average molecular weight is 331 g/mol. The van der Waals surface area contributed by atoms with Crippen LogP contribution in [0.5, 0.6) is 0 Å². The summed E-state index contributed by atoms with van der Waals surface area (Å²) in [6.07, 6.45) is 4.01. The van der Waals surface area contributed by atoms with Crippen molar-refractivity contribution in [3.63, 3.8) is 0 Å². The second kappa shape index (κ2) is 5.80. The number of pyridine rings is 1. The Morgan fingerprint density at radius 1 is 1.52 bits per heavy atom. The van der Waals surface area contributed by atoms with Crippen molar-refractivity contribution in [2.24, 2.45) is 7.05 Å². The lowest BCUT2D eigenvalue weighted by Crippen LogP contribution is -2.33. The van der Waals surface area contributed by atoms with Crippen LogP contribution in [0.1, 0.15) is 11.6 Å². The van der Waals surface area contributed by atoms with Gasteiger partial charge in [-0.2, -0.15) is 9.82 Å². The van der Waals surface area contributed by atoms with Gasteiger partial charge < -0.3 is 5.11 Å². The van der Waals surface area contributed by atoms with Crippen molar-refractivity contribution in [2.75, 3.05) is 0 Å². The molecule has 2 aromatic heterocycles. The number of nitrogens with one attached hydrogen (secondary N) is 1. The van der Waals surface area contributed by atoms with E-state index in [1.54, 1.807) is 7.05 Å². The largest absolute Gasteiger partial charge is 0.480 e. The summed E-state index contributed by atoms with van der Waals surface area (Å²) < 4.78 is 27.9. The fourth-order valence-electron chi connectivity index (χ4n) is 1.64. The van der Waals surface area contributed by atoms with Gasteiger partial charge in [0.1, 0.15) is 16.1 Å². The highest BCUT2D eigenvalue weighted by Crippen LogP contribution is 2.21. The fourth-order valence-corrected chi connectivity index (χ4v) is 3.27. The number of aryl methyl sites for hydroxylation is 1. The molecular formula is C11H11ClN4O4S. The average Bonchev–Trinajstić information content (AvgIpc) is 2.82. The molecule has 0 aliphatic rings. The van der Waals surface area contributed by atoms with Crippen molar-refractivity contribution >= 4 is 27.6 Å². The highest BCUT2D eigenvalue weighted by atomic mass is 35.5. The number of nitrogens with zero attached hydrogens (tertiary/aromatic N) is 3. The fraction of sp³-hybridized carbons (Fsp3) is 0.182. The number of rotatable bonds is 5. The minimum atomic E-state index is -4.14. The van der Waals surface area contributed by atoms with Gasteiger partial charge in [-0.3, -0.25) is 9.48 Å². The highest BCUT2D eigenvalue weighted by molar-refractivity contribution is 7.89. The van der Waals surface area contributed by atoms with Crippen LogP contribution in [-0.2, 0) is 21.9 Å². The van der Waals surface area contributed by atoms with Gasteiger partial charge in [0.2, 0.25) is 10.0 Å². The van der Waals surface area contributed by atoms with Crippen LogP contribution in [0.15, 0.2) is 35.6 Å². The SMILES string of the molecule is Cn1cc(C(NS(=O)(=O)c2cccnc2Cl)C(=O)O)cn1. The zero-order chi connectivity index (χ0) is 15.6. The van der Waals surface area contributed by atoms with Crippen molar-refractivity contribution in [3.8, 4) is 0 Å². The molecule has 0 aromatic carbocycles. The van der Waals surface area contributed by atoms with Crippen LogP contribution in [0.4, 0.5) is 0 Å². The molecule has 2 N–H and O–H groups in total. The monoisotopic (exact) mass is 330 g/mol. The summed E-state index contributed by atoms with van der Waals surface area (Å²) in [7, 11) is -2.54. The van der Waals surface area contributed by atoms with Crippen LogP contribution < -0.4 is 4.72 Å². The second-order valence-electron chi connectivity index (χ2n) is 4.13. The minimum absolute atomic E-state index is 0.202. The first-order chi connectivity index (χ1) is 9.81. The van der Waals surface area contributed by atoms with Crippen LogP contribution in [0.3, 0.4) is 0 Å². The van der Waals surface area contributed by atoms with E-state index in [2.05, 4.69) is 14.8 Å². The van der Waals surface area contributed by atoms with Gasteiger partial charge in [-0.15, -0.1) is 0 Å². The molecule has 0 bridgehead atoms. The van der Waals surface area contributed by atoms with Gasteiger partial charge in [0.15, 0.2) is 0 Å². The lowest BCUT2D eigenvalue weighted by Gasteiger charge is -2.13. The standard InChI is InChI=1S/C11H11ClN4O4S/c1-16-6-7(5-14-16)9(11(17)18)15-21(19,20)8-3-2-4-13-10(8)12/h2-6,9,15H,1H3,(H,17,18). The van der Waals surface area contributed by atoms with Crippen molar-refractivity contribution < 1.29 is 18.3 Å². The number of halogens is 1. The van der Waals surface area contributed by atoms with Gasteiger partial charge >= 0.3 is 5.97 Å². The number of carboxylic acids is 1. The first-order valence-electron chi connectivity index (χ1n) is 5.65. The van der Waals surface area contributed by atoms with Gasteiger partial charge in [-0.1, -0.05) is 11.6 Å². The Balaban J connectivity index is 2.37. The highest BCUT2D eigenvalue weighted by Gasteiger charge is 2.29. The predicted octanol–water partition coefficient (Wildman–Crippen LogP) is 0.573. The van der Waals surface area contributed by atoms with Crippen molar-refractivity contribution in [1.29, 1.82) is 0 Å². The van der Waals surface area contributed by atoms with E-state index >= 15 is 0 Å². The van der Waals surface area contributed by atoms with Crippen molar-refractivity contribution in [3.05, 3.63) is 41.4 Å². The van der Waals surface area contributed by atoms with Gasteiger partial charge in [-0.25, -0.2) is 13.4 Å². The molecular weight excluding hydrogens is 320 g/mol. The van der Waals surface area contributed by atoms with Gasteiger partial charge in [0.25, 0.3) is 0 Å². The lowest BCUT2D eigenvalue weighted by molar-refractivity contribution is -0.139. The third-order valence-corrected chi connectivity index (χ3v) is 4.46. The molecule has 0 saturated carbocycles. The van der Waals surface area contributed by atoms with Gasteiger partial charge in [0, 0.05) is 25.0 Å². The molecule has 0 aliphatic carbocycles. The predicted molar refractivity (Wildman–Crippen MR) is 73.2 cm³/mol. The molecule has 0 spiro atoms. The summed E-state index contributed by atoms with van der Waals surface area (Å²) in [6, 6.07) is 1.15. The van der Waals surface area contributed by atoms with E-state index in [0.717, 1.165) is 0 Å². The Morgan fingerprint density at radius 2 is 2.24 bits per heavy atom. The second-order valence-corrected chi connectivity index (χ2v) is 6.17. The van der Waals surface area contributed by atoms with Crippen LogP contribution >= 0.6 is 11.6 Å². The Labute approximate surface area is 125 Å². The van der Waals surface area contributed by atoms with E-state index in [-0.39, 0.29) is 15.6 Å². The summed E-state index contributed by atoms with van der Waals surface area (Å²) >= 11 is 5.73. The number of aromatic nitrogens is 3. The number of hydrogen-bond donors (Lipinski definition) is 2. The molecule has 0 saturated heterocycles. The maximum absolute atomic E-state index is 12.2. The molecule has 112 valence electrons. The Morgan fingerprint density at radius 3 is 2.76 bits per heavy atom. The van der Waals surface area contributed by atoms with Crippen LogP contribution in [0.25, 0.3) is 0 Å². The maximum atomic E-state index is 12.2. The number of aliphatic carboxylic acids is 1. The van der Waals surface area contributed by atoms with Crippen LogP contribution in [0.2, 0.25) is 5.15 Å². The first kappa shape index (κ1) is 15.4. The third kappa shape index (κ3) is 3.38. The Hall–Kier alpha value is -1.97. The third-order valence-electron chi connectivity index (χ3n) is 2.59. The number of carbonyl (C=O) groups is 1. The van der Waals surface area contributed by atoms with E-state index in [1.165, 1.54) is 35.4 Å². The molecule has 0 amide bonds. The quantitative estimate of drug-likeness (QED) is 0.775. The molecule has 2 heterocycles. The van der Waals surface area contributed by atoms with E-state index < -0.39 is 22.0 Å². The molecule has 21 heavy (non-hydrogen) atoms. The normalized spacial score (nSPS) is 13.0. The van der Waals surface area contributed by atoms with Crippen LogP contribution in [0, 0.1) is 0 Å². The first-order valence-corrected chi connectivity index (χ1v) is 7.51. The molecule has 0 aliphatic heterocycles. The molecule has 2 rings (SSSR count). The lowest BCUT2D eigenvalue weighted by atomic mass is 10.2. The molecule has 0 fully saturated rings. The molecule has 0 radical (unpaired) electrons. The zero-order valence-electron chi connectivity index (χ0n) is 10.8. The number of carboxylic acid groups (broad SMARTS) is 1. The van der Waals surface area contributed by atoms with E-state index in [4.69, 9.17) is 11.6 Å². The summed E-state index contributed by atoms with van der Waals surface area (Å²) in [5.74, 6) is -1.36. The van der Waals surface area contributed by atoms with Crippen LogP contribution in [-0.4, -0.2) is 34.3 Å². The molecule has 10 heteroatoms. The smallest absolute Gasteiger partial charge is 0.326 e. The van der Waals surface area contributed by atoms with Crippen molar-refractivity contribution in [1.82, 2.24) is 19.5 Å². The van der Waals surface area contributed by atoms with E-state index in [1.807, 2.05) is 0 Å². The summed E-state index contributed by atoms with van der Waals surface area (Å²) in [6.45, 7) is 0. The van der Waals surface area contributed by atoms with E-state index in [0.29, 0.717) is 0 Å². The minimum Gasteiger partial charge on any atom is -0.480 e. The van der Waals surface area contributed by atoms with Gasteiger partial charge in [0.05, 0.1) is 6.20 Å². The molecule has 2 aromatic rings. The number of sulfonamides is 1. The summed E-state index contributed by atoms with van der Waals surface area (Å²) in [5.41, 5.74) is 0.202. The topological polar surface area (TPSA) is 114 Å². The number of hydrogen-bond acceptors (Lipinski definition) is 5. The zero-order valence-corrected chi connectivity index (χ0v) is 12.3. The maximum Gasteiger partial charge on any atom is 0.326 e. The Kier molecular flexibility index (Phi) is 4.26. The Bertz CT molecular complexity index is 774. The van der Waals surface area contributed by atoms with Crippen molar-refractivity contribution in [2.45, 2.75) is 10.9 Å².